The number of hydrogen-bond donors (Lipinski definition) is 2. The van der Waals surface area contributed by atoms with Gasteiger partial charge in [0.1, 0.15) is 5.82 Å². The quantitative estimate of drug-likeness (QED) is 0.695. The zero-order chi connectivity index (χ0) is 14.2. The van der Waals surface area contributed by atoms with Crippen LogP contribution >= 0.6 is 0 Å². The molecule has 1 aliphatic heterocycles. The van der Waals surface area contributed by atoms with Gasteiger partial charge in [0.15, 0.2) is 11.8 Å². The number of pyridine rings is 1. The molecule has 7 nitrogen and oxygen atoms in total. The number of nitriles is 1. The summed E-state index contributed by atoms with van der Waals surface area (Å²) < 4.78 is 0. The van der Waals surface area contributed by atoms with Crippen molar-refractivity contribution >= 4 is 11.2 Å². The van der Waals surface area contributed by atoms with Crippen LogP contribution in [0.15, 0.2) is 24.8 Å². The second-order valence-corrected chi connectivity index (χ2v) is 5.21. The summed E-state index contributed by atoms with van der Waals surface area (Å²) in [6.07, 6.45) is 8.34. The van der Waals surface area contributed by atoms with E-state index in [-0.39, 0.29) is 5.92 Å². The molecule has 0 radical (unpaired) electrons. The molecule has 0 aromatic carbocycles. The zero-order valence-electron chi connectivity index (χ0n) is 11.2. The first kappa shape index (κ1) is 11.9. The van der Waals surface area contributed by atoms with Crippen LogP contribution in [-0.4, -0.2) is 42.9 Å². The Morgan fingerprint density at radius 1 is 1.38 bits per heavy atom. The molecule has 0 aliphatic carbocycles. The number of aromatic amines is 2. The van der Waals surface area contributed by atoms with Gasteiger partial charge in [0, 0.05) is 30.8 Å². The van der Waals surface area contributed by atoms with E-state index in [9.17, 15) is 0 Å². The Balaban J connectivity index is 1.69. The minimum absolute atomic E-state index is 0.273. The summed E-state index contributed by atoms with van der Waals surface area (Å²) in [6.45, 7) is 1.52. The number of H-pyrrole nitrogens is 2. The third-order valence-corrected chi connectivity index (χ3v) is 3.88. The monoisotopic (exact) mass is 279 g/mol. The van der Waals surface area contributed by atoms with Crippen LogP contribution in [0.5, 0.6) is 0 Å². The molecule has 1 unspecified atom stereocenters. The minimum atomic E-state index is 0.273. The largest absolute Gasteiger partial charge is 0.345 e. The first-order chi connectivity index (χ1) is 10.3. The summed E-state index contributed by atoms with van der Waals surface area (Å²) in [5, 5.41) is 8.94. The second kappa shape index (κ2) is 4.59. The molecule has 4 rings (SSSR count). The third kappa shape index (κ3) is 2.01. The topological polar surface area (TPSA) is 97.3 Å². The van der Waals surface area contributed by atoms with Crippen molar-refractivity contribution in [3.63, 3.8) is 0 Å². The highest BCUT2D eigenvalue weighted by atomic mass is 15.1. The minimum Gasteiger partial charge on any atom is -0.345 e. The normalized spacial score (nSPS) is 18.2. The number of likely N-dealkylation sites (tertiary alicyclic amines) is 1. The van der Waals surface area contributed by atoms with Crippen molar-refractivity contribution in [2.75, 3.05) is 13.1 Å². The molecule has 1 saturated heterocycles. The van der Waals surface area contributed by atoms with E-state index in [0.717, 1.165) is 42.1 Å². The maximum absolute atomic E-state index is 8.94. The van der Waals surface area contributed by atoms with Gasteiger partial charge in [0.05, 0.1) is 23.7 Å². The lowest BCUT2D eigenvalue weighted by molar-refractivity contribution is 0.477. The number of aromatic nitrogens is 5. The predicted octanol–water partition coefficient (Wildman–Crippen LogP) is 1.62. The fourth-order valence-corrected chi connectivity index (χ4v) is 2.75. The molecule has 4 heterocycles. The van der Waals surface area contributed by atoms with Gasteiger partial charge in [-0.05, 0) is 12.5 Å². The van der Waals surface area contributed by atoms with Crippen molar-refractivity contribution in [3.05, 3.63) is 30.6 Å². The van der Waals surface area contributed by atoms with Crippen molar-refractivity contribution < 1.29 is 0 Å². The molecule has 1 aliphatic rings. The van der Waals surface area contributed by atoms with Gasteiger partial charge in [-0.1, -0.05) is 0 Å². The van der Waals surface area contributed by atoms with Gasteiger partial charge >= 0.3 is 0 Å². The molecule has 1 atom stereocenters. The molecule has 3 aromatic heterocycles. The van der Waals surface area contributed by atoms with Crippen LogP contribution in [-0.2, 0) is 0 Å². The van der Waals surface area contributed by atoms with Gasteiger partial charge in [0.25, 0.3) is 0 Å². The van der Waals surface area contributed by atoms with Crippen molar-refractivity contribution in [1.29, 1.82) is 5.26 Å². The molecule has 0 bridgehead atoms. The summed E-state index contributed by atoms with van der Waals surface area (Å²) in [4.78, 5) is 21.1. The SMILES string of the molecule is N#CN1CCC(c2nc3ncc(-c4cnc[nH]4)cc3[nH]2)C1. The molecular weight excluding hydrogens is 266 g/mol. The second-order valence-electron chi connectivity index (χ2n) is 5.21. The van der Waals surface area contributed by atoms with Crippen LogP contribution < -0.4 is 0 Å². The average molecular weight is 279 g/mol. The number of fused-ring (bicyclic) bond motifs is 1. The van der Waals surface area contributed by atoms with Crippen LogP contribution in [0, 0.1) is 11.5 Å². The maximum Gasteiger partial charge on any atom is 0.179 e. The fraction of sp³-hybridized carbons (Fsp3) is 0.286. The highest BCUT2D eigenvalue weighted by molar-refractivity contribution is 5.76. The van der Waals surface area contributed by atoms with E-state index < -0.39 is 0 Å². The van der Waals surface area contributed by atoms with Gasteiger partial charge in [-0.25, -0.2) is 15.0 Å². The number of nitrogens with one attached hydrogen (secondary N) is 2. The molecule has 1 fully saturated rings. The van der Waals surface area contributed by atoms with Crippen LogP contribution in [0.3, 0.4) is 0 Å². The van der Waals surface area contributed by atoms with Crippen LogP contribution in [0.2, 0.25) is 0 Å². The number of hydrogen-bond acceptors (Lipinski definition) is 5. The molecular formula is C14H13N7. The lowest BCUT2D eigenvalue weighted by Gasteiger charge is -2.05. The summed E-state index contributed by atoms with van der Waals surface area (Å²) >= 11 is 0. The Bertz CT molecular complexity index is 812. The summed E-state index contributed by atoms with van der Waals surface area (Å²) in [6, 6.07) is 2.02. The molecule has 0 spiro atoms. The van der Waals surface area contributed by atoms with Crippen LogP contribution in [0.4, 0.5) is 0 Å². The van der Waals surface area contributed by atoms with Crippen molar-refractivity contribution in [2.24, 2.45) is 0 Å². The molecule has 2 N–H and O–H groups in total. The Morgan fingerprint density at radius 2 is 2.33 bits per heavy atom. The Hall–Kier alpha value is -2.88. The van der Waals surface area contributed by atoms with E-state index in [1.165, 1.54) is 0 Å². The number of nitrogens with zero attached hydrogens (tertiary/aromatic N) is 5. The first-order valence-corrected chi connectivity index (χ1v) is 6.82. The fourth-order valence-electron chi connectivity index (χ4n) is 2.75. The van der Waals surface area contributed by atoms with Gasteiger partial charge < -0.3 is 14.9 Å². The first-order valence-electron chi connectivity index (χ1n) is 6.82. The maximum atomic E-state index is 8.94. The Kier molecular flexibility index (Phi) is 2.60. The molecule has 21 heavy (non-hydrogen) atoms. The smallest absolute Gasteiger partial charge is 0.179 e. The van der Waals surface area contributed by atoms with E-state index in [1.807, 2.05) is 6.07 Å². The Labute approximate surface area is 120 Å². The predicted molar refractivity (Wildman–Crippen MR) is 76.0 cm³/mol. The van der Waals surface area contributed by atoms with Gasteiger partial charge in [-0.15, -0.1) is 0 Å². The lowest BCUT2D eigenvalue weighted by atomic mass is 10.1. The van der Waals surface area contributed by atoms with Gasteiger partial charge in [0.2, 0.25) is 0 Å². The number of imidazole rings is 2. The number of rotatable bonds is 2. The standard InChI is InChI=1S/C14H13N7/c15-7-21-2-1-9(6-21)13-19-11-3-10(4-17-14(11)20-13)12-5-16-8-18-12/h3-5,8-9H,1-2,6H2,(H,16,18)(H,17,19,20). The van der Waals surface area contributed by atoms with Crippen LogP contribution in [0.25, 0.3) is 22.4 Å². The Morgan fingerprint density at radius 3 is 3.10 bits per heavy atom. The highest BCUT2D eigenvalue weighted by Gasteiger charge is 2.25. The summed E-state index contributed by atoms with van der Waals surface area (Å²) in [7, 11) is 0. The summed E-state index contributed by atoms with van der Waals surface area (Å²) in [5.41, 5.74) is 3.52. The van der Waals surface area contributed by atoms with Gasteiger partial charge in [-0.2, -0.15) is 5.26 Å². The molecule has 7 heteroatoms. The third-order valence-electron chi connectivity index (χ3n) is 3.88. The zero-order valence-corrected chi connectivity index (χ0v) is 11.2. The lowest BCUT2D eigenvalue weighted by Crippen LogP contribution is -2.13. The van der Waals surface area contributed by atoms with E-state index in [2.05, 4.69) is 31.1 Å². The van der Waals surface area contributed by atoms with Crippen molar-refractivity contribution in [2.45, 2.75) is 12.3 Å². The molecule has 3 aromatic rings. The summed E-state index contributed by atoms with van der Waals surface area (Å²) in [5.74, 6) is 1.19. The molecule has 0 saturated carbocycles. The molecule has 0 amide bonds. The van der Waals surface area contributed by atoms with E-state index in [0.29, 0.717) is 5.65 Å². The van der Waals surface area contributed by atoms with Crippen molar-refractivity contribution in [3.8, 4) is 17.5 Å². The van der Waals surface area contributed by atoms with Crippen molar-refractivity contribution in [1.82, 2.24) is 29.8 Å². The van der Waals surface area contributed by atoms with E-state index in [1.54, 1.807) is 23.6 Å². The van der Waals surface area contributed by atoms with Crippen LogP contribution in [0.1, 0.15) is 18.2 Å². The highest BCUT2D eigenvalue weighted by Crippen LogP contribution is 2.27. The van der Waals surface area contributed by atoms with E-state index >= 15 is 0 Å². The molecule has 104 valence electrons. The van der Waals surface area contributed by atoms with Gasteiger partial charge in [-0.3, -0.25) is 0 Å². The average Bonchev–Trinajstić information content (AvgIpc) is 3.24. The van der Waals surface area contributed by atoms with E-state index in [4.69, 9.17) is 5.26 Å².